The second-order valence-electron chi connectivity index (χ2n) is 9.77. The van der Waals surface area contributed by atoms with Crippen molar-refractivity contribution in [2.24, 2.45) is 5.73 Å². The number of amides is 2. The number of carbonyl (C=O) groups excluding carboxylic acids is 4. The molecular weight excluding hydrogens is 454 g/mol. The maximum absolute atomic E-state index is 13.0. The van der Waals surface area contributed by atoms with Gasteiger partial charge in [0.2, 0.25) is 0 Å². The predicted octanol–water partition coefficient (Wildman–Crippen LogP) is 2.95. The Morgan fingerprint density at radius 2 is 1.44 bits per heavy atom. The van der Waals surface area contributed by atoms with Gasteiger partial charge < -0.3 is 11.1 Å². The van der Waals surface area contributed by atoms with E-state index in [4.69, 9.17) is 5.73 Å². The van der Waals surface area contributed by atoms with Gasteiger partial charge in [-0.1, -0.05) is 83.3 Å². The first-order chi connectivity index (χ1) is 17.5. The lowest BCUT2D eigenvalue weighted by atomic mass is 9.88. The van der Waals surface area contributed by atoms with Crippen molar-refractivity contribution < 1.29 is 19.2 Å². The summed E-state index contributed by atoms with van der Waals surface area (Å²) in [5.41, 5.74) is 6.54. The van der Waals surface area contributed by atoms with Gasteiger partial charge in [-0.3, -0.25) is 24.5 Å². The van der Waals surface area contributed by atoms with E-state index >= 15 is 0 Å². The van der Waals surface area contributed by atoms with Gasteiger partial charge in [0, 0.05) is 27.9 Å². The predicted molar refractivity (Wildman–Crippen MR) is 140 cm³/mol. The summed E-state index contributed by atoms with van der Waals surface area (Å²) >= 11 is 0. The summed E-state index contributed by atoms with van der Waals surface area (Å²) in [7, 11) is 0. The standard InChI is InChI=1S/C29H35N3O4/c1-2-3-4-5-6-7-8-9-10-11-12-16-31-25-22-20(24(30)26(33)27(25)34)17-18-14-13-15-19-21(18)23(22)29(36)32-28(19)35/h13-15,17,31H,2-12,16,30H2,1H3,(H,32,35,36). The highest BCUT2D eigenvalue weighted by Crippen LogP contribution is 2.24. The minimum atomic E-state index is -0.779. The largest absolute Gasteiger partial charge is 0.395 e. The van der Waals surface area contributed by atoms with Crippen LogP contribution >= 0.6 is 0 Å². The van der Waals surface area contributed by atoms with E-state index in [1.54, 1.807) is 24.3 Å². The summed E-state index contributed by atoms with van der Waals surface area (Å²) in [6.07, 6.45) is 13.3. The molecule has 2 aliphatic rings. The summed E-state index contributed by atoms with van der Waals surface area (Å²) in [6.45, 7) is 2.74. The number of imide groups is 1. The Morgan fingerprint density at radius 3 is 2.11 bits per heavy atom. The zero-order chi connectivity index (χ0) is 25.7. The molecule has 36 heavy (non-hydrogen) atoms. The van der Waals surface area contributed by atoms with Crippen molar-refractivity contribution in [3.8, 4) is 0 Å². The Hall–Kier alpha value is -3.48. The molecule has 0 spiro atoms. The van der Waals surface area contributed by atoms with Gasteiger partial charge in [-0.25, -0.2) is 0 Å². The van der Waals surface area contributed by atoms with Crippen molar-refractivity contribution in [2.45, 2.75) is 77.6 Å². The van der Waals surface area contributed by atoms with E-state index < -0.39 is 23.4 Å². The fraction of sp³-hybridized carbons (Fsp3) is 0.448. The molecule has 1 aliphatic heterocycles. The first kappa shape index (κ1) is 25.6. The van der Waals surface area contributed by atoms with Gasteiger partial charge >= 0.3 is 0 Å². The lowest BCUT2D eigenvalue weighted by Gasteiger charge is -2.21. The van der Waals surface area contributed by atoms with Crippen LogP contribution in [0.15, 0.2) is 24.3 Å². The summed E-state index contributed by atoms with van der Waals surface area (Å²) in [5, 5.41) is 7.26. The highest BCUT2D eigenvalue weighted by Gasteiger charge is 2.33. The van der Waals surface area contributed by atoms with Crippen molar-refractivity contribution >= 4 is 45.5 Å². The molecule has 0 unspecified atom stereocenters. The minimum absolute atomic E-state index is 0.0903. The molecule has 2 aromatic carbocycles. The van der Waals surface area contributed by atoms with Gasteiger partial charge in [0.1, 0.15) is 0 Å². The van der Waals surface area contributed by atoms with E-state index in [-0.39, 0.29) is 17.0 Å². The fourth-order valence-electron chi connectivity index (χ4n) is 5.22. The van der Waals surface area contributed by atoms with E-state index in [1.807, 2.05) is 0 Å². The minimum Gasteiger partial charge on any atom is -0.395 e. The van der Waals surface area contributed by atoms with Gasteiger partial charge in [0.05, 0.1) is 17.0 Å². The Morgan fingerprint density at radius 1 is 0.806 bits per heavy atom. The smallest absolute Gasteiger partial charge is 0.259 e. The number of nitrogens with one attached hydrogen (secondary N) is 2. The molecule has 0 radical (unpaired) electrons. The normalized spacial score (nSPS) is 14.9. The molecule has 7 heteroatoms. The summed E-state index contributed by atoms with van der Waals surface area (Å²) in [4.78, 5) is 51.0. The Bertz CT molecular complexity index is 1340. The summed E-state index contributed by atoms with van der Waals surface area (Å²) in [6, 6.07) is 6.81. The maximum Gasteiger partial charge on any atom is 0.259 e. The van der Waals surface area contributed by atoms with E-state index in [2.05, 4.69) is 17.6 Å². The molecule has 0 saturated heterocycles. The van der Waals surface area contributed by atoms with Crippen molar-refractivity contribution in [3.63, 3.8) is 0 Å². The van der Waals surface area contributed by atoms with Crippen LogP contribution in [0, 0.1) is 0 Å². The average molecular weight is 490 g/mol. The maximum atomic E-state index is 13.0. The first-order valence-electron chi connectivity index (χ1n) is 13.2. The van der Waals surface area contributed by atoms with Crippen LogP contribution in [0.3, 0.4) is 0 Å². The molecule has 1 heterocycles. The second-order valence-corrected chi connectivity index (χ2v) is 9.77. The third-order valence-corrected chi connectivity index (χ3v) is 7.16. The van der Waals surface area contributed by atoms with E-state index in [9.17, 15) is 19.2 Å². The molecule has 0 bridgehead atoms. The van der Waals surface area contributed by atoms with Gasteiger partial charge in [-0.05, 0) is 23.9 Å². The molecule has 4 rings (SSSR count). The molecule has 0 fully saturated rings. The summed E-state index contributed by atoms with van der Waals surface area (Å²) in [5.74, 6) is -2.60. The van der Waals surface area contributed by atoms with Gasteiger partial charge in [0.15, 0.2) is 0 Å². The quantitative estimate of drug-likeness (QED) is 0.226. The third kappa shape index (κ3) is 5.06. The van der Waals surface area contributed by atoms with Crippen molar-refractivity contribution in [1.82, 2.24) is 10.6 Å². The highest BCUT2D eigenvalue weighted by atomic mass is 16.2. The number of fused-ring (bicyclic) bond motifs is 2. The second kappa shape index (κ2) is 11.5. The Kier molecular flexibility index (Phi) is 8.18. The van der Waals surface area contributed by atoms with Gasteiger partial charge in [-0.15, -0.1) is 0 Å². The molecule has 2 amide bonds. The van der Waals surface area contributed by atoms with E-state index in [1.165, 1.54) is 51.4 Å². The van der Waals surface area contributed by atoms with Crippen LogP contribution in [0.25, 0.3) is 22.2 Å². The Balaban J connectivity index is 1.50. The molecule has 2 aromatic rings. The number of nitrogens with two attached hydrogens (primary N) is 1. The first-order valence-corrected chi connectivity index (χ1v) is 13.2. The molecule has 0 saturated carbocycles. The third-order valence-electron chi connectivity index (χ3n) is 7.16. The monoisotopic (exact) mass is 489 g/mol. The number of rotatable bonds is 13. The number of unbranched alkanes of at least 4 members (excludes halogenated alkanes) is 10. The highest BCUT2D eigenvalue weighted by molar-refractivity contribution is 6.62. The van der Waals surface area contributed by atoms with E-state index in [0.29, 0.717) is 33.3 Å². The number of benzene rings is 2. The van der Waals surface area contributed by atoms with Crippen LogP contribution in [0.2, 0.25) is 0 Å². The fourth-order valence-corrected chi connectivity index (χ4v) is 5.22. The number of Topliss-reactive ketones (excluding diaryl/α,β-unsaturated/α-hetero) is 2. The van der Waals surface area contributed by atoms with Crippen LogP contribution in [-0.2, 0) is 9.59 Å². The SMILES string of the molecule is CCCCCCCCCCCCCNC1=c2c3c4c(cccc4cc2=C(N)C(=O)C1=O)C(=O)NC3=O. The number of ketones is 2. The zero-order valence-electron chi connectivity index (χ0n) is 21.0. The molecule has 1 aliphatic carbocycles. The van der Waals surface area contributed by atoms with Crippen LogP contribution in [0.1, 0.15) is 98.3 Å². The van der Waals surface area contributed by atoms with E-state index in [0.717, 1.165) is 19.3 Å². The lowest BCUT2D eigenvalue weighted by molar-refractivity contribution is -0.130. The Labute approximate surface area is 211 Å². The molecule has 4 N–H and O–H groups in total. The van der Waals surface area contributed by atoms with Crippen molar-refractivity contribution in [1.29, 1.82) is 0 Å². The van der Waals surface area contributed by atoms with Gasteiger partial charge in [-0.2, -0.15) is 0 Å². The van der Waals surface area contributed by atoms with Crippen LogP contribution in [-0.4, -0.2) is 29.9 Å². The van der Waals surface area contributed by atoms with Crippen LogP contribution in [0.4, 0.5) is 0 Å². The molecule has 0 aromatic heterocycles. The number of hydrogen-bond donors (Lipinski definition) is 3. The lowest BCUT2D eigenvalue weighted by Crippen LogP contribution is -2.51. The zero-order valence-corrected chi connectivity index (χ0v) is 21.0. The van der Waals surface area contributed by atoms with Gasteiger partial charge in [0.25, 0.3) is 23.4 Å². The molecular formula is C29H35N3O4. The topological polar surface area (TPSA) is 118 Å². The number of carbonyl (C=O) groups is 4. The van der Waals surface area contributed by atoms with Crippen LogP contribution < -0.4 is 26.8 Å². The molecule has 190 valence electrons. The molecule has 7 nitrogen and oxygen atoms in total. The van der Waals surface area contributed by atoms with Crippen LogP contribution in [0.5, 0.6) is 0 Å². The van der Waals surface area contributed by atoms with Crippen molar-refractivity contribution in [3.05, 3.63) is 45.8 Å². The number of hydrogen-bond acceptors (Lipinski definition) is 6. The van der Waals surface area contributed by atoms with Crippen molar-refractivity contribution in [2.75, 3.05) is 6.54 Å². The summed E-state index contributed by atoms with van der Waals surface area (Å²) < 4.78 is 0. The average Bonchev–Trinajstić information content (AvgIpc) is 2.87. The molecule has 0 atom stereocenters.